The number of hydrogen-bond donors (Lipinski definition) is 1. The first kappa shape index (κ1) is 10.5. The molecule has 0 atom stereocenters. The topological polar surface area (TPSA) is 70.0 Å². The zero-order chi connectivity index (χ0) is 10.1. The van der Waals surface area contributed by atoms with Gasteiger partial charge in [0, 0.05) is 6.42 Å². The molecule has 1 rings (SSSR count). The van der Waals surface area contributed by atoms with Gasteiger partial charge in [0.15, 0.2) is 0 Å². The number of sulfonamides is 1. The third kappa shape index (κ3) is 2.01. The van der Waals surface area contributed by atoms with Gasteiger partial charge in [-0.15, -0.1) is 0 Å². The molecule has 0 spiro atoms. The van der Waals surface area contributed by atoms with Crippen LogP contribution in [-0.2, 0) is 10.0 Å². The van der Waals surface area contributed by atoms with Gasteiger partial charge in [-0.05, 0) is 25.3 Å². The summed E-state index contributed by atoms with van der Waals surface area (Å²) >= 11 is 0. The summed E-state index contributed by atoms with van der Waals surface area (Å²) in [6, 6.07) is 2.08. The van der Waals surface area contributed by atoms with E-state index in [0.717, 1.165) is 0 Å². The summed E-state index contributed by atoms with van der Waals surface area (Å²) in [5, 5.41) is 8.20. The summed E-state index contributed by atoms with van der Waals surface area (Å²) in [6.45, 7) is 1.96. The third-order valence-electron chi connectivity index (χ3n) is 2.67. The highest BCUT2D eigenvalue weighted by atomic mass is 32.2. The number of hydrogen-bond acceptors (Lipinski definition) is 3. The molecule has 0 bridgehead atoms. The Hall–Kier alpha value is -0.600. The SMILES string of the molecule is CNS(=O)(=O)[C@H]1C[C@](C)(CC#N)C1. The highest BCUT2D eigenvalue weighted by Crippen LogP contribution is 2.46. The normalized spacial score (nSPS) is 33.5. The first-order chi connectivity index (χ1) is 5.93. The minimum absolute atomic E-state index is 0.0800. The number of nitrogens with one attached hydrogen (secondary N) is 1. The van der Waals surface area contributed by atoms with Crippen LogP contribution in [0.1, 0.15) is 26.2 Å². The van der Waals surface area contributed by atoms with E-state index in [2.05, 4.69) is 10.8 Å². The van der Waals surface area contributed by atoms with Gasteiger partial charge < -0.3 is 0 Å². The van der Waals surface area contributed by atoms with E-state index < -0.39 is 10.0 Å². The van der Waals surface area contributed by atoms with Gasteiger partial charge >= 0.3 is 0 Å². The van der Waals surface area contributed by atoms with Gasteiger partial charge in [-0.2, -0.15) is 5.26 Å². The van der Waals surface area contributed by atoms with E-state index in [9.17, 15) is 8.42 Å². The van der Waals surface area contributed by atoms with Crippen molar-refractivity contribution in [2.45, 2.75) is 31.4 Å². The minimum atomic E-state index is -3.11. The van der Waals surface area contributed by atoms with E-state index in [-0.39, 0.29) is 10.7 Å². The Morgan fingerprint density at radius 3 is 2.54 bits per heavy atom. The molecule has 0 saturated heterocycles. The van der Waals surface area contributed by atoms with Crippen LogP contribution in [-0.4, -0.2) is 20.7 Å². The molecule has 1 N–H and O–H groups in total. The Bertz CT molecular complexity index is 323. The molecule has 1 aliphatic rings. The van der Waals surface area contributed by atoms with E-state index in [1.807, 2.05) is 6.92 Å². The van der Waals surface area contributed by atoms with Crippen LogP contribution in [0.25, 0.3) is 0 Å². The molecular weight excluding hydrogens is 188 g/mol. The minimum Gasteiger partial charge on any atom is -0.218 e. The van der Waals surface area contributed by atoms with Crippen molar-refractivity contribution in [3.8, 4) is 6.07 Å². The molecular formula is C8H14N2O2S. The molecule has 0 aromatic carbocycles. The van der Waals surface area contributed by atoms with Gasteiger partial charge in [0.1, 0.15) is 0 Å². The number of rotatable bonds is 3. The van der Waals surface area contributed by atoms with Crippen molar-refractivity contribution in [2.75, 3.05) is 7.05 Å². The van der Waals surface area contributed by atoms with Crippen molar-refractivity contribution in [3.05, 3.63) is 0 Å². The maximum Gasteiger partial charge on any atom is 0.214 e. The molecule has 13 heavy (non-hydrogen) atoms. The van der Waals surface area contributed by atoms with E-state index in [1.54, 1.807) is 0 Å². The van der Waals surface area contributed by atoms with Crippen LogP contribution in [0.15, 0.2) is 0 Å². The molecule has 1 aliphatic carbocycles. The van der Waals surface area contributed by atoms with E-state index in [4.69, 9.17) is 5.26 Å². The van der Waals surface area contributed by atoms with Gasteiger partial charge in [0.05, 0.1) is 11.3 Å². The molecule has 1 saturated carbocycles. The predicted octanol–water partition coefficient (Wildman–Crippen LogP) is 0.618. The Kier molecular flexibility index (Phi) is 2.64. The molecule has 4 nitrogen and oxygen atoms in total. The Labute approximate surface area is 79.0 Å². The lowest BCUT2D eigenvalue weighted by Crippen LogP contribution is -2.46. The lowest BCUT2D eigenvalue weighted by Gasteiger charge is -2.42. The van der Waals surface area contributed by atoms with Gasteiger partial charge in [-0.25, -0.2) is 13.1 Å². The first-order valence-electron chi connectivity index (χ1n) is 4.23. The fraction of sp³-hybridized carbons (Fsp3) is 0.875. The zero-order valence-electron chi connectivity index (χ0n) is 7.87. The largest absolute Gasteiger partial charge is 0.218 e. The Balaban J connectivity index is 2.56. The number of nitriles is 1. The predicted molar refractivity (Wildman–Crippen MR) is 49.3 cm³/mol. The fourth-order valence-electron chi connectivity index (χ4n) is 1.76. The van der Waals surface area contributed by atoms with Gasteiger partial charge in [0.2, 0.25) is 10.0 Å². The van der Waals surface area contributed by atoms with Crippen molar-refractivity contribution < 1.29 is 8.42 Å². The average molecular weight is 202 g/mol. The maximum atomic E-state index is 11.3. The molecule has 1 fully saturated rings. The third-order valence-corrected chi connectivity index (χ3v) is 4.45. The summed E-state index contributed by atoms with van der Waals surface area (Å²) in [5.74, 6) is 0. The Morgan fingerprint density at radius 1 is 1.62 bits per heavy atom. The van der Waals surface area contributed by atoms with E-state index in [1.165, 1.54) is 7.05 Å². The molecule has 0 heterocycles. The van der Waals surface area contributed by atoms with Gasteiger partial charge in [-0.1, -0.05) is 6.92 Å². The summed E-state index contributed by atoms with van der Waals surface area (Å²) in [4.78, 5) is 0. The van der Waals surface area contributed by atoms with Crippen LogP contribution < -0.4 is 4.72 Å². The van der Waals surface area contributed by atoms with Crippen LogP contribution in [0.2, 0.25) is 0 Å². The Morgan fingerprint density at radius 2 is 2.15 bits per heavy atom. The summed E-state index contributed by atoms with van der Waals surface area (Å²) < 4.78 is 24.9. The average Bonchev–Trinajstić information content (AvgIpc) is 2.00. The highest BCUT2D eigenvalue weighted by molar-refractivity contribution is 7.90. The van der Waals surface area contributed by atoms with E-state index in [0.29, 0.717) is 19.3 Å². The summed E-state index contributed by atoms with van der Waals surface area (Å²) in [6.07, 6.45) is 1.65. The highest BCUT2D eigenvalue weighted by Gasteiger charge is 2.46. The van der Waals surface area contributed by atoms with E-state index >= 15 is 0 Å². The molecule has 74 valence electrons. The molecule has 5 heteroatoms. The van der Waals surface area contributed by atoms with Crippen molar-refractivity contribution >= 4 is 10.0 Å². The molecule has 0 unspecified atom stereocenters. The second-order valence-electron chi connectivity index (χ2n) is 3.92. The second kappa shape index (κ2) is 3.28. The summed E-state index contributed by atoms with van der Waals surface area (Å²) in [7, 11) is -1.68. The lowest BCUT2D eigenvalue weighted by molar-refractivity contribution is 0.171. The molecule has 0 aromatic heterocycles. The van der Waals surface area contributed by atoms with Crippen molar-refractivity contribution in [2.24, 2.45) is 5.41 Å². The van der Waals surface area contributed by atoms with Crippen LogP contribution in [0.4, 0.5) is 0 Å². The van der Waals surface area contributed by atoms with Crippen molar-refractivity contribution in [1.29, 1.82) is 5.26 Å². The smallest absolute Gasteiger partial charge is 0.214 e. The first-order valence-corrected chi connectivity index (χ1v) is 5.77. The van der Waals surface area contributed by atoms with Crippen molar-refractivity contribution in [1.82, 2.24) is 4.72 Å². The second-order valence-corrected chi connectivity index (χ2v) is 6.09. The van der Waals surface area contributed by atoms with Gasteiger partial charge in [-0.3, -0.25) is 0 Å². The molecule has 0 radical (unpaired) electrons. The van der Waals surface area contributed by atoms with Crippen LogP contribution >= 0.6 is 0 Å². The quantitative estimate of drug-likeness (QED) is 0.729. The molecule has 0 amide bonds. The van der Waals surface area contributed by atoms with Crippen LogP contribution in [0.3, 0.4) is 0 Å². The lowest BCUT2D eigenvalue weighted by atomic mass is 9.68. The van der Waals surface area contributed by atoms with Crippen molar-refractivity contribution in [3.63, 3.8) is 0 Å². The van der Waals surface area contributed by atoms with Gasteiger partial charge in [0.25, 0.3) is 0 Å². The standard InChI is InChI=1S/C8H14N2O2S/c1-8(3-4-9)5-7(6-8)13(11,12)10-2/h7,10H,3,5-6H2,1-2H3/t7-,8-. The zero-order valence-corrected chi connectivity index (χ0v) is 8.69. The van der Waals surface area contributed by atoms with Crippen LogP contribution in [0, 0.1) is 16.7 Å². The maximum absolute atomic E-state index is 11.3. The molecule has 0 aromatic rings. The molecule has 0 aliphatic heterocycles. The van der Waals surface area contributed by atoms with Crippen LogP contribution in [0.5, 0.6) is 0 Å². The number of nitrogens with zero attached hydrogens (tertiary/aromatic N) is 1. The monoisotopic (exact) mass is 202 g/mol. The summed E-state index contributed by atoms with van der Waals surface area (Å²) in [5.41, 5.74) is -0.0800. The fourth-order valence-corrected chi connectivity index (χ4v) is 3.34.